The molecule has 0 saturated carbocycles. The molecule has 170 valence electrons. The Morgan fingerprint density at radius 2 is 1.88 bits per heavy atom. The number of benzene rings is 2. The largest absolute Gasteiger partial charge is 0.417 e. The Morgan fingerprint density at radius 1 is 1.16 bits per heavy atom. The van der Waals surface area contributed by atoms with Crippen LogP contribution in [0, 0.1) is 5.92 Å². The number of nitrogens with zero attached hydrogens (tertiary/aromatic N) is 3. The topological polar surface area (TPSA) is 38.1 Å². The number of alkyl halides is 3. The van der Waals surface area contributed by atoms with Crippen LogP contribution < -0.4 is 5.56 Å². The van der Waals surface area contributed by atoms with Gasteiger partial charge in [0.05, 0.1) is 27.8 Å². The minimum atomic E-state index is -4.55. The quantitative estimate of drug-likeness (QED) is 0.486. The van der Waals surface area contributed by atoms with Gasteiger partial charge in [0, 0.05) is 19.1 Å². The molecule has 1 aromatic heterocycles. The van der Waals surface area contributed by atoms with Crippen molar-refractivity contribution < 1.29 is 13.2 Å². The van der Waals surface area contributed by atoms with E-state index in [4.69, 9.17) is 11.6 Å². The second-order valence-corrected chi connectivity index (χ2v) is 9.13. The van der Waals surface area contributed by atoms with Gasteiger partial charge < -0.3 is 4.90 Å². The normalized spacial score (nSPS) is 17.9. The van der Waals surface area contributed by atoms with E-state index in [0.717, 1.165) is 32.0 Å². The highest BCUT2D eigenvalue weighted by molar-refractivity contribution is 6.31. The molecular formula is C24H25ClF3N3O. The lowest BCUT2D eigenvalue weighted by Gasteiger charge is -2.35. The zero-order valence-corrected chi connectivity index (χ0v) is 18.7. The number of aromatic nitrogens is 2. The van der Waals surface area contributed by atoms with Crippen molar-refractivity contribution in [2.75, 3.05) is 13.1 Å². The van der Waals surface area contributed by atoms with Crippen LogP contribution >= 0.6 is 11.6 Å². The minimum absolute atomic E-state index is 0.177. The van der Waals surface area contributed by atoms with E-state index in [1.807, 2.05) is 0 Å². The first-order valence-corrected chi connectivity index (χ1v) is 11.1. The fourth-order valence-electron chi connectivity index (χ4n) is 4.38. The molecule has 0 amide bonds. The molecule has 8 heteroatoms. The van der Waals surface area contributed by atoms with Crippen LogP contribution in [0.3, 0.4) is 0 Å². The summed E-state index contributed by atoms with van der Waals surface area (Å²) in [6.07, 6.45) is -0.829. The van der Waals surface area contributed by atoms with Gasteiger partial charge in [0.15, 0.2) is 0 Å². The molecule has 32 heavy (non-hydrogen) atoms. The summed E-state index contributed by atoms with van der Waals surface area (Å²) in [4.78, 5) is 20.0. The zero-order valence-electron chi connectivity index (χ0n) is 18.0. The Bertz CT molecular complexity index is 1190. The van der Waals surface area contributed by atoms with Crippen molar-refractivity contribution in [3.8, 4) is 11.1 Å². The van der Waals surface area contributed by atoms with Gasteiger partial charge in [0.2, 0.25) is 0 Å². The SMILES string of the molecule is CC(C)N1CCC[C@H](Cn2cnc3ccc(-c4ccc(Cl)c(C(F)(F)F)c4)cc3c2=O)C1. The van der Waals surface area contributed by atoms with Gasteiger partial charge in [-0.1, -0.05) is 23.7 Å². The van der Waals surface area contributed by atoms with E-state index in [2.05, 4.69) is 23.7 Å². The van der Waals surface area contributed by atoms with E-state index in [0.29, 0.717) is 40.5 Å². The Morgan fingerprint density at radius 3 is 2.59 bits per heavy atom. The molecule has 0 radical (unpaired) electrons. The first-order valence-electron chi connectivity index (χ1n) is 10.7. The van der Waals surface area contributed by atoms with Gasteiger partial charge in [0.25, 0.3) is 5.56 Å². The van der Waals surface area contributed by atoms with Crippen molar-refractivity contribution in [3.63, 3.8) is 0 Å². The van der Waals surface area contributed by atoms with E-state index in [1.165, 1.54) is 12.1 Å². The highest BCUT2D eigenvalue weighted by Gasteiger charge is 2.33. The average Bonchev–Trinajstić information content (AvgIpc) is 2.75. The molecule has 4 rings (SSSR count). The van der Waals surface area contributed by atoms with Crippen molar-refractivity contribution in [1.82, 2.24) is 14.5 Å². The highest BCUT2D eigenvalue weighted by Crippen LogP contribution is 2.37. The Hall–Kier alpha value is -2.38. The van der Waals surface area contributed by atoms with E-state index in [9.17, 15) is 18.0 Å². The third-order valence-electron chi connectivity index (χ3n) is 6.16. The fourth-order valence-corrected chi connectivity index (χ4v) is 4.61. The summed E-state index contributed by atoms with van der Waals surface area (Å²) < 4.78 is 41.4. The van der Waals surface area contributed by atoms with Crippen LogP contribution in [0.2, 0.25) is 5.02 Å². The van der Waals surface area contributed by atoms with Crippen molar-refractivity contribution in [2.24, 2.45) is 5.92 Å². The molecule has 1 atom stereocenters. The second kappa shape index (κ2) is 8.87. The molecule has 2 aromatic carbocycles. The predicted molar refractivity (Wildman–Crippen MR) is 121 cm³/mol. The van der Waals surface area contributed by atoms with Gasteiger partial charge in [-0.2, -0.15) is 13.2 Å². The van der Waals surface area contributed by atoms with Crippen LogP contribution in [0.25, 0.3) is 22.0 Å². The first-order chi connectivity index (χ1) is 15.1. The maximum atomic E-state index is 13.3. The highest BCUT2D eigenvalue weighted by atomic mass is 35.5. The Labute approximate surface area is 189 Å². The minimum Gasteiger partial charge on any atom is -0.301 e. The summed E-state index contributed by atoms with van der Waals surface area (Å²) in [5.74, 6) is 0.358. The van der Waals surface area contributed by atoms with Crippen LogP contribution in [0.1, 0.15) is 32.3 Å². The van der Waals surface area contributed by atoms with Crippen molar-refractivity contribution >= 4 is 22.5 Å². The summed E-state index contributed by atoms with van der Waals surface area (Å²) in [7, 11) is 0. The standard InChI is InChI=1S/C24H25ClF3N3O/c1-15(2)30-9-3-4-16(12-30)13-31-14-29-22-8-6-17(10-19(22)23(31)32)18-5-7-21(25)20(11-18)24(26,27)28/h5-8,10-11,14-16H,3-4,9,12-13H2,1-2H3/t16-/m0/s1. The molecule has 0 spiro atoms. The molecule has 1 saturated heterocycles. The predicted octanol–water partition coefficient (Wildman–Crippen LogP) is 5.86. The van der Waals surface area contributed by atoms with Crippen molar-refractivity contribution in [3.05, 3.63) is 63.7 Å². The third-order valence-corrected chi connectivity index (χ3v) is 6.49. The van der Waals surface area contributed by atoms with E-state index in [-0.39, 0.29) is 10.6 Å². The number of rotatable bonds is 4. The molecular weight excluding hydrogens is 439 g/mol. The van der Waals surface area contributed by atoms with Gasteiger partial charge in [-0.3, -0.25) is 9.36 Å². The number of likely N-dealkylation sites (tertiary alicyclic amines) is 1. The van der Waals surface area contributed by atoms with Gasteiger partial charge in [-0.25, -0.2) is 4.98 Å². The van der Waals surface area contributed by atoms with E-state index < -0.39 is 11.7 Å². The Kier molecular flexibility index (Phi) is 6.32. The van der Waals surface area contributed by atoms with Gasteiger partial charge in [-0.05, 0) is 74.5 Å². The monoisotopic (exact) mass is 463 g/mol. The molecule has 0 bridgehead atoms. The molecule has 4 nitrogen and oxygen atoms in total. The lowest BCUT2D eigenvalue weighted by molar-refractivity contribution is -0.137. The van der Waals surface area contributed by atoms with Crippen molar-refractivity contribution in [2.45, 2.75) is 45.5 Å². The molecule has 1 aliphatic rings. The lowest BCUT2D eigenvalue weighted by atomic mass is 9.97. The number of hydrogen-bond acceptors (Lipinski definition) is 3. The maximum Gasteiger partial charge on any atom is 0.417 e. The van der Waals surface area contributed by atoms with Gasteiger partial charge >= 0.3 is 6.18 Å². The zero-order chi connectivity index (χ0) is 23.0. The molecule has 1 aliphatic heterocycles. The molecule has 0 unspecified atom stereocenters. The third kappa shape index (κ3) is 4.69. The van der Waals surface area contributed by atoms with Gasteiger partial charge in [0.1, 0.15) is 0 Å². The van der Waals surface area contributed by atoms with Crippen LogP contribution in [-0.2, 0) is 12.7 Å². The molecule has 0 N–H and O–H groups in total. The van der Waals surface area contributed by atoms with Crippen LogP contribution in [0.5, 0.6) is 0 Å². The number of hydrogen-bond donors (Lipinski definition) is 0. The molecule has 3 aromatic rings. The van der Waals surface area contributed by atoms with Gasteiger partial charge in [-0.15, -0.1) is 0 Å². The fraction of sp³-hybridized carbons (Fsp3) is 0.417. The van der Waals surface area contributed by atoms with Crippen LogP contribution in [-0.4, -0.2) is 33.6 Å². The second-order valence-electron chi connectivity index (χ2n) is 8.72. The van der Waals surface area contributed by atoms with Crippen LogP contribution in [0.4, 0.5) is 13.2 Å². The lowest BCUT2D eigenvalue weighted by Crippen LogP contribution is -2.42. The average molecular weight is 464 g/mol. The van der Waals surface area contributed by atoms with E-state index in [1.54, 1.807) is 29.1 Å². The summed E-state index contributed by atoms with van der Waals surface area (Å²) in [5, 5.41) is 0.0408. The number of piperidine rings is 1. The number of fused-ring (bicyclic) bond motifs is 1. The van der Waals surface area contributed by atoms with E-state index >= 15 is 0 Å². The van der Waals surface area contributed by atoms with Crippen LogP contribution in [0.15, 0.2) is 47.5 Å². The summed E-state index contributed by atoms with van der Waals surface area (Å²) >= 11 is 5.74. The summed E-state index contributed by atoms with van der Waals surface area (Å²) in [6, 6.07) is 9.19. The summed E-state index contributed by atoms with van der Waals surface area (Å²) in [6.45, 7) is 6.94. The molecule has 0 aliphatic carbocycles. The first kappa shape index (κ1) is 22.8. The molecule has 1 fully saturated rings. The molecule has 2 heterocycles. The Balaban J connectivity index is 1.68. The summed E-state index contributed by atoms with van der Waals surface area (Å²) in [5.41, 5.74) is 0.307. The smallest absolute Gasteiger partial charge is 0.301 e. The maximum absolute atomic E-state index is 13.3. The van der Waals surface area contributed by atoms with Crippen molar-refractivity contribution in [1.29, 1.82) is 0 Å². The number of halogens is 4.